The molecule has 0 atom stereocenters. The summed E-state index contributed by atoms with van der Waals surface area (Å²) in [7, 11) is 1.71. The van der Waals surface area contributed by atoms with E-state index in [1.54, 1.807) is 7.11 Å². The molecular formula is C64H57N3O. The third kappa shape index (κ3) is 10.5. The summed E-state index contributed by atoms with van der Waals surface area (Å²) >= 11 is 0. The van der Waals surface area contributed by atoms with Gasteiger partial charge in [0.25, 0.3) is 0 Å². The number of anilines is 9. The molecule has 0 spiro atoms. The molecule has 0 radical (unpaired) electrons. The van der Waals surface area contributed by atoms with Crippen molar-refractivity contribution >= 4 is 75.5 Å². The van der Waals surface area contributed by atoms with Gasteiger partial charge in [0.1, 0.15) is 5.75 Å². The second-order valence-corrected chi connectivity index (χ2v) is 17.5. The molecule has 0 N–H and O–H groups in total. The summed E-state index contributed by atoms with van der Waals surface area (Å²) in [4.78, 5) is 6.92. The Morgan fingerprint density at radius 3 is 0.750 bits per heavy atom. The molecule has 0 heterocycles. The first-order valence-electron chi connectivity index (χ1n) is 23.3. The Balaban J connectivity index is 0.927. The zero-order valence-electron chi connectivity index (χ0n) is 39.8. The molecule has 9 rings (SSSR count). The number of hydrogen-bond donors (Lipinski definition) is 0. The van der Waals surface area contributed by atoms with Crippen LogP contribution < -0.4 is 19.4 Å². The monoisotopic (exact) mass is 883 g/mol. The third-order valence-electron chi connectivity index (χ3n) is 12.4. The summed E-state index contributed by atoms with van der Waals surface area (Å²) in [5, 5.41) is 0. The minimum absolute atomic E-state index is 0.837. The maximum Gasteiger partial charge on any atom is 0.119 e. The van der Waals surface area contributed by atoms with E-state index in [-0.39, 0.29) is 0 Å². The predicted molar refractivity (Wildman–Crippen MR) is 291 cm³/mol. The maximum atomic E-state index is 5.59. The molecule has 4 heteroatoms. The lowest BCUT2D eigenvalue weighted by Gasteiger charge is -2.27. The Kier molecular flexibility index (Phi) is 13.5. The fraction of sp³-hybridized carbons (Fsp3) is 0.0938. The van der Waals surface area contributed by atoms with Gasteiger partial charge >= 0.3 is 0 Å². The lowest BCUT2D eigenvalue weighted by Crippen LogP contribution is -2.11. The van der Waals surface area contributed by atoms with Crippen molar-refractivity contribution in [2.75, 3.05) is 21.8 Å². The van der Waals surface area contributed by atoms with Crippen LogP contribution in [0.3, 0.4) is 0 Å². The molecule has 0 bridgehead atoms. The molecule has 0 unspecified atom stereocenters. The topological polar surface area (TPSA) is 19.0 Å². The van der Waals surface area contributed by atoms with Crippen molar-refractivity contribution in [1.82, 2.24) is 0 Å². The van der Waals surface area contributed by atoms with Gasteiger partial charge in [-0.1, -0.05) is 144 Å². The fourth-order valence-corrected chi connectivity index (χ4v) is 8.43. The molecule has 0 aliphatic heterocycles. The van der Waals surface area contributed by atoms with Crippen LogP contribution in [0.4, 0.5) is 51.2 Å². The molecular weight excluding hydrogens is 827 g/mol. The zero-order chi connectivity index (χ0) is 47.0. The van der Waals surface area contributed by atoms with Crippen LogP contribution in [-0.4, -0.2) is 7.11 Å². The molecule has 0 saturated carbocycles. The number of ether oxygens (including phenoxy) is 1. The number of nitrogens with zero attached hydrogens (tertiary/aromatic N) is 3. The number of methoxy groups -OCH3 is 1. The first-order chi connectivity index (χ1) is 33.2. The van der Waals surface area contributed by atoms with Gasteiger partial charge in [-0.3, -0.25) is 0 Å². The van der Waals surface area contributed by atoms with Crippen LogP contribution in [0, 0.1) is 34.6 Å². The van der Waals surface area contributed by atoms with Gasteiger partial charge < -0.3 is 19.4 Å². The van der Waals surface area contributed by atoms with Gasteiger partial charge in [0.2, 0.25) is 0 Å². The van der Waals surface area contributed by atoms with Gasteiger partial charge in [0.05, 0.1) is 7.11 Å². The summed E-state index contributed by atoms with van der Waals surface area (Å²) < 4.78 is 5.59. The fourth-order valence-electron chi connectivity index (χ4n) is 8.43. The Morgan fingerprint density at radius 1 is 0.279 bits per heavy atom. The van der Waals surface area contributed by atoms with E-state index >= 15 is 0 Å². The van der Waals surface area contributed by atoms with Crippen molar-refractivity contribution in [3.63, 3.8) is 0 Å². The highest BCUT2D eigenvalue weighted by molar-refractivity contribution is 5.83. The highest BCUT2D eigenvalue weighted by atomic mass is 16.5. The summed E-state index contributed by atoms with van der Waals surface area (Å²) in [6.07, 6.45) is 8.72. The summed E-state index contributed by atoms with van der Waals surface area (Å²) in [5.74, 6) is 0.837. The van der Waals surface area contributed by atoms with E-state index in [2.05, 4.69) is 280 Å². The Bertz CT molecular complexity index is 2850. The van der Waals surface area contributed by atoms with Crippen LogP contribution in [-0.2, 0) is 0 Å². The average Bonchev–Trinajstić information content (AvgIpc) is 3.37. The molecule has 0 saturated heterocycles. The zero-order valence-corrected chi connectivity index (χ0v) is 39.8. The second-order valence-electron chi connectivity index (χ2n) is 17.5. The van der Waals surface area contributed by atoms with Gasteiger partial charge in [0, 0.05) is 51.2 Å². The standard InChI is InChI=1S/C64H57N3O/c1-46-7-27-55(28-8-46)65(56-29-9-47(2)10-30-56)59-35-19-51(20-36-59)15-17-53-23-39-61(40-24-53)67(64-44-43-63(68-6)45-50(64)5)62-41-25-54(26-42-62)18-16-52-21-37-60(38-22-52)66(57-31-11-48(3)12-32-57)58-33-13-49(4)14-34-58/h7-45H,1-6H3. The van der Waals surface area contributed by atoms with Crippen LogP contribution in [0.15, 0.2) is 212 Å². The lowest BCUT2D eigenvalue weighted by molar-refractivity contribution is 0.414. The summed E-state index contributed by atoms with van der Waals surface area (Å²) in [6, 6.07) is 76.2. The third-order valence-corrected chi connectivity index (χ3v) is 12.4. The van der Waals surface area contributed by atoms with Gasteiger partial charge in [-0.2, -0.15) is 0 Å². The van der Waals surface area contributed by atoms with Gasteiger partial charge in [-0.15, -0.1) is 0 Å². The first kappa shape index (κ1) is 44.8. The number of rotatable bonds is 14. The van der Waals surface area contributed by atoms with E-state index in [0.717, 1.165) is 84.8 Å². The largest absolute Gasteiger partial charge is 0.497 e. The molecule has 9 aromatic carbocycles. The van der Waals surface area contributed by atoms with Crippen LogP contribution >= 0.6 is 0 Å². The lowest BCUT2D eigenvalue weighted by atomic mass is 10.1. The molecule has 68 heavy (non-hydrogen) atoms. The van der Waals surface area contributed by atoms with Crippen LogP contribution in [0.2, 0.25) is 0 Å². The van der Waals surface area contributed by atoms with E-state index in [1.165, 1.54) is 22.3 Å². The van der Waals surface area contributed by atoms with Gasteiger partial charge in [-0.25, -0.2) is 0 Å². The van der Waals surface area contributed by atoms with Crippen LogP contribution in [0.25, 0.3) is 24.3 Å². The maximum absolute atomic E-state index is 5.59. The van der Waals surface area contributed by atoms with Crippen molar-refractivity contribution in [2.45, 2.75) is 34.6 Å². The van der Waals surface area contributed by atoms with Crippen molar-refractivity contribution in [3.8, 4) is 5.75 Å². The van der Waals surface area contributed by atoms with Crippen molar-refractivity contribution < 1.29 is 4.74 Å². The number of benzene rings is 9. The predicted octanol–water partition coefficient (Wildman–Crippen LogP) is 18.0. The summed E-state index contributed by atoms with van der Waals surface area (Å²) in [5.41, 5.74) is 20.6. The molecule has 334 valence electrons. The SMILES string of the molecule is COc1ccc(N(c2ccc(C=Cc3ccc(N(c4ccc(C)cc4)c4ccc(C)cc4)cc3)cc2)c2ccc(C=Cc3ccc(N(c4ccc(C)cc4)c4ccc(C)cc4)cc3)cc2)c(C)c1. The number of hydrogen-bond acceptors (Lipinski definition) is 4. The molecule has 4 nitrogen and oxygen atoms in total. The second kappa shape index (κ2) is 20.4. The van der Waals surface area contributed by atoms with E-state index in [4.69, 9.17) is 4.74 Å². The first-order valence-corrected chi connectivity index (χ1v) is 23.3. The average molecular weight is 884 g/mol. The molecule has 0 aromatic heterocycles. The van der Waals surface area contributed by atoms with Gasteiger partial charge in [0.15, 0.2) is 0 Å². The van der Waals surface area contributed by atoms with Crippen LogP contribution in [0.5, 0.6) is 5.75 Å². The minimum atomic E-state index is 0.837. The van der Waals surface area contributed by atoms with E-state index in [0.29, 0.717) is 0 Å². The highest BCUT2D eigenvalue weighted by Crippen LogP contribution is 2.40. The normalized spacial score (nSPS) is 11.3. The van der Waals surface area contributed by atoms with E-state index in [1.807, 2.05) is 6.07 Å². The minimum Gasteiger partial charge on any atom is -0.497 e. The van der Waals surface area contributed by atoms with E-state index < -0.39 is 0 Å². The van der Waals surface area contributed by atoms with Gasteiger partial charge in [-0.05, 0) is 178 Å². The number of aryl methyl sites for hydroxylation is 5. The Hall–Kier alpha value is -8.34. The Labute approximate surface area is 403 Å². The van der Waals surface area contributed by atoms with E-state index in [9.17, 15) is 0 Å². The van der Waals surface area contributed by atoms with Crippen molar-refractivity contribution in [2.24, 2.45) is 0 Å². The molecule has 0 fully saturated rings. The quantitative estimate of drug-likeness (QED) is 0.101. The molecule has 9 aromatic rings. The Morgan fingerprint density at radius 2 is 0.515 bits per heavy atom. The molecule has 0 aliphatic carbocycles. The highest BCUT2D eigenvalue weighted by Gasteiger charge is 2.17. The van der Waals surface area contributed by atoms with Crippen molar-refractivity contribution in [3.05, 3.63) is 262 Å². The molecule has 0 amide bonds. The smallest absolute Gasteiger partial charge is 0.119 e. The molecule has 0 aliphatic rings. The summed E-state index contributed by atoms with van der Waals surface area (Å²) in [6.45, 7) is 10.6. The van der Waals surface area contributed by atoms with Crippen LogP contribution in [0.1, 0.15) is 50.1 Å². The van der Waals surface area contributed by atoms with Crippen molar-refractivity contribution in [1.29, 1.82) is 0 Å².